The number of alkyl carbamates (subject to hydrolysis) is 1. The highest BCUT2D eigenvalue weighted by Gasteiger charge is 2.43. The third-order valence-corrected chi connectivity index (χ3v) is 5.33. The summed E-state index contributed by atoms with van der Waals surface area (Å²) in [6, 6.07) is 3.93. The van der Waals surface area contributed by atoms with Crippen LogP contribution in [0.4, 0.5) is 4.79 Å². The molecule has 2 aliphatic rings. The Bertz CT molecular complexity index is 745. The Morgan fingerprint density at radius 1 is 1.46 bits per heavy atom. The van der Waals surface area contributed by atoms with E-state index in [-0.39, 0.29) is 11.7 Å². The molecule has 0 aromatic carbocycles. The van der Waals surface area contributed by atoms with Gasteiger partial charge in [0.25, 0.3) is 0 Å². The number of nitrogens with zero attached hydrogens (tertiary/aromatic N) is 4. The van der Waals surface area contributed by atoms with Crippen molar-refractivity contribution in [1.82, 2.24) is 25.0 Å². The SMILES string of the molecule is Cn1cnnc1Sc1ccc(CN2CCCC3(CNC(=O)O3)C2)o1. The number of carbonyl (C=O) groups excluding carboxylic acids is 1. The third-order valence-electron chi connectivity index (χ3n) is 4.36. The van der Waals surface area contributed by atoms with E-state index in [0.29, 0.717) is 13.1 Å². The Morgan fingerprint density at radius 2 is 2.38 bits per heavy atom. The summed E-state index contributed by atoms with van der Waals surface area (Å²) in [5.41, 5.74) is -0.377. The number of hydrogen-bond donors (Lipinski definition) is 1. The standard InChI is InChI=1S/C15H19N5O3S/c1-19-10-17-18-13(19)24-12-4-3-11(22-12)7-20-6-2-5-15(9-20)8-16-14(21)23-15/h3-4,10H,2,5-9H2,1H3,(H,16,21). The van der Waals surface area contributed by atoms with Crippen LogP contribution < -0.4 is 5.32 Å². The van der Waals surface area contributed by atoms with Crippen LogP contribution in [0.1, 0.15) is 18.6 Å². The Kier molecular flexibility index (Phi) is 3.97. The van der Waals surface area contributed by atoms with Crippen molar-refractivity contribution in [2.45, 2.75) is 35.2 Å². The Morgan fingerprint density at radius 3 is 3.12 bits per heavy atom. The minimum absolute atomic E-state index is 0.308. The van der Waals surface area contributed by atoms with Gasteiger partial charge < -0.3 is 19.0 Å². The van der Waals surface area contributed by atoms with Gasteiger partial charge in [0.15, 0.2) is 10.2 Å². The number of furan rings is 1. The molecule has 1 amide bonds. The number of aryl methyl sites for hydroxylation is 1. The number of rotatable bonds is 4. The summed E-state index contributed by atoms with van der Waals surface area (Å²) < 4.78 is 13.3. The third kappa shape index (κ3) is 3.13. The van der Waals surface area contributed by atoms with E-state index in [1.165, 1.54) is 11.8 Å². The fourth-order valence-corrected chi connectivity index (χ4v) is 3.97. The molecule has 4 rings (SSSR count). The van der Waals surface area contributed by atoms with Crippen LogP contribution >= 0.6 is 11.8 Å². The Balaban J connectivity index is 1.39. The highest BCUT2D eigenvalue weighted by atomic mass is 32.2. The van der Waals surface area contributed by atoms with Gasteiger partial charge in [-0.25, -0.2) is 4.79 Å². The summed E-state index contributed by atoms with van der Waals surface area (Å²) in [5, 5.41) is 12.3. The van der Waals surface area contributed by atoms with Gasteiger partial charge in [-0.15, -0.1) is 10.2 Å². The van der Waals surface area contributed by atoms with Crippen molar-refractivity contribution in [3.63, 3.8) is 0 Å². The highest BCUT2D eigenvalue weighted by Crippen LogP contribution is 2.31. The van der Waals surface area contributed by atoms with E-state index in [1.54, 1.807) is 6.33 Å². The Hall–Kier alpha value is -2.00. The topological polar surface area (TPSA) is 85.4 Å². The van der Waals surface area contributed by atoms with Gasteiger partial charge in [0, 0.05) is 13.6 Å². The first-order valence-corrected chi connectivity index (χ1v) is 8.73. The molecule has 2 aromatic rings. The minimum atomic E-state index is -0.377. The van der Waals surface area contributed by atoms with Crippen molar-refractivity contribution in [3.8, 4) is 0 Å². The van der Waals surface area contributed by atoms with Crippen LogP contribution in [0.25, 0.3) is 0 Å². The molecule has 4 heterocycles. The summed E-state index contributed by atoms with van der Waals surface area (Å²) in [6.45, 7) is 3.01. The van der Waals surface area contributed by atoms with Crippen LogP contribution in [0.5, 0.6) is 0 Å². The molecule has 128 valence electrons. The monoisotopic (exact) mass is 349 g/mol. The average Bonchev–Trinajstić information content (AvgIpc) is 3.24. The molecular weight excluding hydrogens is 330 g/mol. The summed E-state index contributed by atoms with van der Waals surface area (Å²) >= 11 is 1.45. The lowest BCUT2D eigenvalue weighted by Crippen LogP contribution is -2.50. The molecule has 2 aliphatic heterocycles. The quantitative estimate of drug-likeness (QED) is 0.898. The predicted molar refractivity (Wildman–Crippen MR) is 85.6 cm³/mol. The summed E-state index contributed by atoms with van der Waals surface area (Å²) in [4.78, 5) is 13.7. The van der Waals surface area contributed by atoms with Crippen molar-refractivity contribution in [2.24, 2.45) is 7.05 Å². The van der Waals surface area contributed by atoms with Gasteiger partial charge in [-0.1, -0.05) is 0 Å². The smallest absolute Gasteiger partial charge is 0.407 e. The Labute approximate surface area is 143 Å². The van der Waals surface area contributed by atoms with Crippen molar-refractivity contribution in [1.29, 1.82) is 0 Å². The lowest BCUT2D eigenvalue weighted by Gasteiger charge is -2.37. The largest absolute Gasteiger partial charge is 0.453 e. The van der Waals surface area contributed by atoms with Crippen molar-refractivity contribution in [2.75, 3.05) is 19.6 Å². The molecule has 0 saturated carbocycles. The van der Waals surface area contributed by atoms with Crippen LogP contribution in [0, 0.1) is 0 Å². The molecular formula is C15H19N5O3S. The first-order chi connectivity index (χ1) is 11.6. The molecule has 2 aromatic heterocycles. The van der Waals surface area contributed by atoms with E-state index < -0.39 is 0 Å². The zero-order chi connectivity index (χ0) is 16.6. The van der Waals surface area contributed by atoms with Crippen LogP contribution in [0.2, 0.25) is 0 Å². The first-order valence-electron chi connectivity index (χ1n) is 7.92. The number of carbonyl (C=O) groups is 1. The molecule has 1 spiro atoms. The van der Waals surface area contributed by atoms with E-state index in [9.17, 15) is 4.79 Å². The molecule has 1 N–H and O–H groups in total. The zero-order valence-electron chi connectivity index (χ0n) is 13.4. The average molecular weight is 349 g/mol. The van der Waals surface area contributed by atoms with Crippen LogP contribution in [0.3, 0.4) is 0 Å². The normalized spacial score (nSPS) is 24.3. The maximum absolute atomic E-state index is 11.4. The molecule has 0 aliphatic carbocycles. The summed E-state index contributed by atoms with van der Waals surface area (Å²) in [5.74, 6) is 0.897. The van der Waals surface area contributed by atoms with Crippen LogP contribution in [0.15, 0.2) is 33.1 Å². The van der Waals surface area contributed by atoms with Crippen molar-refractivity contribution in [3.05, 3.63) is 24.2 Å². The molecule has 24 heavy (non-hydrogen) atoms. The molecule has 1 unspecified atom stereocenters. The fourth-order valence-electron chi connectivity index (χ4n) is 3.23. The fraction of sp³-hybridized carbons (Fsp3) is 0.533. The minimum Gasteiger partial charge on any atom is -0.453 e. The van der Waals surface area contributed by atoms with Crippen LogP contribution in [-0.4, -0.2) is 51.0 Å². The van der Waals surface area contributed by atoms with Gasteiger partial charge in [-0.05, 0) is 43.3 Å². The van der Waals surface area contributed by atoms with E-state index >= 15 is 0 Å². The maximum atomic E-state index is 11.4. The zero-order valence-corrected chi connectivity index (χ0v) is 14.2. The van der Waals surface area contributed by atoms with Crippen LogP contribution in [-0.2, 0) is 18.3 Å². The number of nitrogens with one attached hydrogen (secondary N) is 1. The van der Waals surface area contributed by atoms with Crippen molar-refractivity contribution < 1.29 is 13.9 Å². The second-order valence-corrected chi connectivity index (χ2v) is 7.26. The molecule has 0 radical (unpaired) electrons. The number of aromatic nitrogens is 3. The van der Waals surface area contributed by atoms with Gasteiger partial charge in [-0.3, -0.25) is 4.90 Å². The summed E-state index contributed by atoms with van der Waals surface area (Å²) in [7, 11) is 1.90. The lowest BCUT2D eigenvalue weighted by atomic mass is 9.93. The first kappa shape index (κ1) is 15.5. The molecule has 9 heteroatoms. The maximum Gasteiger partial charge on any atom is 0.407 e. The number of ether oxygens (including phenoxy) is 1. The second kappa shape index (κ2) is 6.14. The van der Waals surface area contributed by atoms with Gasteiger partial charge in [0.1, 0.15) is 17.7 Å². The molecule has 0 bridgehead atoms. The number of hydrogen-bond acceptors (Lipinski definition) is 7. The van der Waals surface area contributed by atoms with E-state index in [4.69, 9.17) is 9.15 Å². The van der Waals surface area contributed by atoms with Gasteiger partial charge in [0.2, 0.25) is 0 Å². The van der Waals surface area contributed by atoms with E-state index in [0.717, 1.165) is 41.9 Å². The molecule has 8 nitrogen and oxygen atoms in total. The molecule has 2 saturated heterocycles. The summed E-state index contributed by atoms with van der Waals surface area (Å²) in [6.07, 6.45) is 3.28. The lowest BCUT2D eigenvalue weighted by molar-refractivity contribution is -0.0130. The number of amides is 1. The van der Waals surface area contributed by atoms with E-state index in [1.807, 2.05) is 23.7 Å². The number of piperidine rings is 1. The van der Waals surface area contributed by atoms with Crippen molar-refractivity contribution >= 4 is 17.9 Å². The van der Waals surface area contributed by atoms with Gasteiger partial charge in [-0.2, -0.15) is 0 Å². The van der Waals surface area contributed by atoms with Gasteiger partial charge in [0.05, 0.1) is 13.1 Å². The highest BCUT2D eigenvalue weighted by molar-refractivity contribution is 7.99. The molecule has 2 fully saturated rings. The second-order valence-electron chi connectivity index (χ2n) is 6.29. The van der Waals surface area contributed by atoms with E-state index in [2.05, 4.69) is 20.4 Å². The van der Waals surface area contributed by atoms with Gasteiger partial charge >= 0.3 is 6.09 Å². The predicted octanol–water partition coefficient (Wildman–Crippen LogP) is 1.63. The number of likely N-dealkylation sites (tertiary alicyclic amines) is 1. The molecule has 1 atom stereocenters.